The third-order valence-corrected chi connectivity index (χ3v) is 2.45. The van der Waals surface area contributed by atoms with Gasteiger partial charge in [0, 0.05) is 6.54 Å². The molecule has 0 bridgehead atoms. The van der Waals surface area contributed by atoms with Crippen molar-refractivity contribution in [2.75, 3.05) is 11.9 Å². The number of halogens is 3. The maximum Gasteiger partial charge on any atom is 0.358 e. The molecule has 2 N–H and O–H groups in total. The Hall–Kier alpha value is -2.58. The highest BCUT2D eigenvalue weighted by molar-refractivity contribution is 5.84. The van der Waals surface area contributed by atoms with Gasteiger partial charge in [0.05, 0.1) is 18.4 Å². The molecule has 1 aromatic carbocycles. The van der Waals surface area contributed by atoms with Gasteiger partial charge < -0.3 is 10.4 Å². The highest BCUT2D eigenvalue weighted by Crippen LogP contribution is 2.19. The minimum atomic E-state index is -1.55. The van der Waals surface area contributed by atoms with E-state index in [2.05, 4.69) is 15.6 Å². The molecule has 0 aliphatic rings. The Morgan fingerprint density at radius 3 is 2.70 bits per heavy atom. The van der Waals surface area contributed by atoms with Crippen LogP contribution in [0.5, 0.6) is 0 Å². The summed E-state index contributed by atoms with van der Waals surface area (Å²) in [6, 6.07) is 1.87. The molecule has 0 saturated carbocycles. The number of carbonyl (C=O) groups is 1. The second-order valence-corrected chi connectivity index (χ2v) is 3.82. The fourth-order valence-corrected chi connectivity index (χ4v) is 1.47. The van der Waals surface area contributed by atoms with Crippen LogP contribution in [0.2, 0.25) is 0 Å². The van der Waals surface area contributed by atoms with Gasteiger partial charge in [-0.2, -0.15) is 0 Å². The van der Waals surface area contributed by atoms with Gasteiger partial charge in [0.15, 0.2) is 23.1 Å². The van der Waals surface area contributed by atoms with Crippen LogP contribution >= 0.6 is 0 Å². The van der Waals surface area contributed by atoms with Gasteiger partial charge in [-0.3, -0.25) is 0 Å². The van der Waals surface area contributed by atoms with Crippen LogP contribution in [0.3, 0.4) is 0 Å². The molecule has 2 rings (SSSR count). The smallest absolute Gasteiger partial charge is 0.358 e. The Balaban J connectivity index is 1.96. The third-order valence-electron chi connectivity index (χ3n) is 2.45. The van der Waals surface area contributed by atoms with E-state index in [9.17, 15) is 18.0 Å². The molecule has 1 heterocycles. The van der Waals surface area contributed by atoms with Crippen molar-refractivity contribution in [1.29, 1.82) is 0 Å². The van der Waals surface area contributed by atoms with Gasteiger partial charge in [0.1, 0.15) is 0 Å². The molecule has 0 amide bonds. The maximum atomic E-state index is 13.3. The molecule has 106 valence electrons. The molecule has 0 unspecified atom stereocenters. The summed E-state index contributed by atoms with van der Waals surface area (Å²) in [5, 5.41) is 18.1. The van der Waals surface area contributed by atoms with Crippen molar-refractivity contribution in [3.8, 4) is 0 Å². The number of nitrogens with zero attached hydrogens (tertiary/aromatic N) is 3. The summed E-state index contributed by atoms with van der Waals surface area (Å²) in [6.07, 6.45) is 1.20. The Morgan fingerprint density at radius 1 is 1.30 bits per heavy atom. The fraction of sp³-hybridized carbons (Fsp3) is 0.182. The van der Waals surface area contributed by atoms with E-state index in [1.54, 1.807) is 0 Å². The lowest BCUT2D eigenvalue weighted by Crippen LogP contribution is -2.12. The van der Waals surface area contributed by atoms with Gasteiger partial charge >= 0.3 is 5.97 Å². The van der Waals surface area contributed by atoms with E-state index in [0.29, 0.717) is 0 Å². The van der Waals surface area contributed by atoms with Gasteiger partial charge in [-0.05, 0) is 12.1 Å². The van der Waals surface area contributed by atoms with Gasteiger partial charge in [-0.15, -0.1) is 5.10 Å². The summed E-state index contributed by atoms with van der Waals surface area (Å²) >= 11 is 0. The molecule has 0 saturated heterocycles. The molecule has 0 spiro atoms. The number of benzene rings is 1. The first kappa shape index (κ1) is 13.8. The molecule has 6 nitrogen and oxygen atoms in total. The third kappa shape index (κ3) is 2.87. The van der Waals surface area contributed by atoms with E-state index >= 15 is 0 Å². The fourth-order valence-electron chi connectivity index (χ4n) is 1.47. The van der Waals surface area contributed by atoms with E-state index in [0.717, 1.165) is 12.1 Å². The second-order valence-electron chi connectivity index (χ2n) is 3.82. The van der Waals surface area contributed by atoms with Gasteiger partial charge in [0.2, 0.25) is 0 Å². The zero-order valence-corrected chi connectivity index (χ0v) is 9.98. The van der Waals surface area contributed by atoms with Crippen molar-refractivity contribution in [2.24, 2.45) is 0 Å². The molecular weight excluding hydrogens is 277 g/mol. The predicted octanol–water partition coefficient (Wildman–Crippen LogP) is 1.51. The summed E-state index contributed by atoms with van der Waals surface area (Å²) in [7, 11) is 0. The number of carboxylic acids is 1. The van der Waals surface area contributed by atoms with E-state index in [1.807, 2.05) is 0 Å². The number of rotatable bonds is 5. The summed E-state index contributed by atoms with van der Waals surface area (Å²) in [4.78, 5) is 10.6. The van der Waals surface area contributed by atoms with Crippen LogP contribution in [0.4, 0.5) is 18.9 Å². The van der Waals surface area contributed by atoms with Gasteiger partial charge in [0.25, 0.3) is 0 Å². The van der Waals surface area contributed by atoms with Crippen LogP contribution in [0.1, 0.15) is 10.5 Å². The lowest BCUT2D eigenvalue weighted by molar-refractivity contribution is 0.0690. The number of anilines is 1. The molecule has 2 aromatic rings. The zero-order valence-electron chi connectivity index (χ0n) is 9.98. The molecule has 0 radical (unpaired) electrons. The molecule has 20 heavy (non-hydrogen) atoms. The maximum absolute atomic E-state index is 13.3. The van der Waals surface area contributed by atoms with Crippen molar-refractivity contribution in [2.45, 2.75) is 6.54 Å². The largest absolute Gasteiger partial charge is 0.476 e. The molecule has 0 aliphatic heterocycles. The number of nitrogens with one attached hydrogen (secondary N) is 1. The standard InChI is InChI=1S/C11H9F3N4O2/c12-6-1-2-7(10(14)9(6)13)15-3-4-18-5-8(11(19)20)16-17-18/h1-2,5,15H,3-4H2,(H,19,20). The number of aromatic nitrogens is 3. The Labute approximate surface area is 110 Å². The first-order valence-corrected chi connectivity index (χ1v) is 5.50. The number of hydrogen-bond acceptors (Lipinski definition) is 4. The van der Waals surface area contributed by atoms with Crippen LogP contribution < -0.4 is 5.32 Å². The Morgan fingerprint density at radius 2 is 2.05 bits per heavy atom. The van der Waals surface area contributed by atoms with Crippen molar-refractivity contribution in [1.82, 2.24) is 15.0 Å². The Bertz CT molecular complexity index is 645. The molecule has 1 aromatic heterocycles. The lowest BCUT2D eigenvalue weighted by atomic mass is 10.3. The first-order chi connectivity index (χ1) is 9.49. The Kier molecular flexibility index (Phi) is 3.87. The number of aromatic carboxylic acids is 1. The van der Waals surface area contributed by atoms with Crippen LogP contribution in [0, 0.1) is 17.5 Å². The normalized spacial score (nSPS) is 10.6. The summed E-state index contributed by atoms with van der Waals surface area (Å²) in [5.41, 5.74) is -0.411. The second kappa shape index (κ2) is 5.59. The van der Waals surface area contributed by atoms with Crippen LogP contribution in [-0.2, 0) is 6.54 Å². The molecule has 0 atom stereocenters. The number of hydrogen-bond donors (Lipinski definition) is 2. The minimum Gasteiger partial charge on any atom is -0.476 e. The highest BCUT2D eigenvalue weighted by Gasteiger charge is 2.13. The van der Waals surface area contributed by atoms with Crippen molar-refractivity contribution in [3.63, 3.8) is 0 Å². The van der Waals surface area contributed by atoms with Crippen molar-refractivity contribution >= 4 is 11.7 Å². The van der Waals surface area contributed by atoms with Crippen LogP contribution in [0.15, 0.2) is 18.3 Å². The molecule has 0 aliphatic carbocycles. The highest BCUT2D eigenvalue weighted by atomic mass is 19.2. The summed E-state index contributed by atoms with van der Waals surface area (Å²) in [5.74, 6) is -5.34. The van der Waals surface area contributed by atoms with E-state index in [-0.39, 0.29) is 24.5 Å². The average molecular weight is 286 g/mol. The summed E-state index contributed by atoms with van der Waals surface area (Å²) < 4.78 is 40.2. The quantitative estimate of drug-likeness (QED) is 0.814. The summed E-state index contributed by atoms with van der Waals surface area (Å²) in [6.45, 7) is 0.309. The van der Waals surface area contributed by atoms with Crippen molar-refractivity contribution < 1.29 is 23.1 Å². The van der Waals surface area contributed by atoms with Gasteiger partial charge in [-0.1, -0.05) is 5.21 Å². The van der Waals surface area contributed by atoms with Crippen molar-refractivity contribution in [3.05, 3.63) is 41.5 Å². The molecular formula is C11H9F3N4O2. The van der Waals surface area contributed by atoms with Crippen LogP contribution in [0.25, 0.3) is 0 Å². The predicted molar refractivity (Wildman–Crippen MR) is 61.8 cm³/mol. The van der Waals surface area contributed by atoms with E-state index in [1.165, 1.54) is 10.9 Å². The SMILES string of the molecule is O=C(O)c1cn(CCNc2ccc(F)c(F)c2F)nn1. The van der Waals surface area contributed by atoms with E-state index < -0.39 is 23.4 Å². The van der Waals surface area contributed by atoms with Crippen LogP contribution in [-0.4, -0.2) is 32.6 Å². The zero-order chi connectivity index (χ0) is 14.7. The van der Waals surface area contributed by atoms with E-state index in [4.69, 9.17) is 5.11 Å². The van der Waals surface area contributed by atoms with Gasteiger partial charge in [-0.25, -0.2) is 22.6 Å². The molecule has 0 fully saturated rings. The molecule has 9 heteroatoms. The lowest BCUT2D eigenvalue weighted by Gasteiger charge is -2.08. The first-order valence-electron chi connectivity index (χ1n) is 5.50. The number of carboxylic acid groups (broad SMARTS) is 1. The minimum absolute atomic E-state index is 0.129. The monoisotopic (exact) mass is 286 g/mol. The topological polar surface area (TPSA) is 80.0 Å². The average Bonchev–Trinajstić information content (AvgIpc) is 2.88.